The lowest BCUT2D eigenvalue weighted by molar-refractivity contribution is -0.119. The first kappa shape index (κ1) is 15.3. The SMILES string of the molecule is CCN(C(=O)CN(C)Cc1ccc(C)o1)c1ccccc1. The zero-order valence-electron chi connectivity index (χ0n) is 12.9. The molecule has 0 aliphatic heterocycles. The highest BCUT2D eigenvalue weighted by atomic mass is 16.3. The molecule has 0 unspecified atom stereocenters. The third kappa shape index (κ3) is 4.20. The van der Waals surface area contributed by atoms with Crippen LogP contribution in [-0.2, 0) is 11.3 Å². The Labute approximate surface area is 126 Å². The first-order valence-corrected chi connectivity index (χ1v) is 7.19. The average Bonchev–Trinajstić information content (AvgIpc) is 2.85. The molecule has 1 aromatic carbocycles. The smallest absolute Gasteiger partial charge is 0.241 e. The van der Waals surface area contributed by atoms with Gasteiger partial charge in [-0.25, -0.2) is 0 Å². The molecule has 112 valence electrons. The van der Waals surface area contributed by atoms with E-state index in [2.05, 4.69) is 0 Å². The van der Waals surface area contributed by atoms with Crippen molar-refractivity contribution in [1.82, 2.24) is 4.90 Å². The monoisotopic (exact) mass is 286 g/mol. The molecule has 0 bridgehead atoms. The van der Waals surface area contributed by atoms with Gasteiger partial charge >= 0.3 is 0 Å². The number of hydrogen-bond acceptors (Lipinski definition) is 3. The number of rotatable bonds is 6. The van der Waals surface area contributed by atoms with Gasteiger partial charge in [-0.05, 0) is 45.2 Å². The quantitative estimate of drug-likeness (QED) is 0.819. The second kappa shape index (κ2) is 7.09. The van der Waals surface area contributed by atoms with Gasteiger partial charge in [0.05, 0.1) is 13.1 Å². The zero-order valence-corrected chi connectivity index (χ0v) is 12.9. The van der Waals surface area contributed by atoms with Crippen molar-refractivity contribution in [2.45, 2.75) is 20.4 Å². The normalized spacial score (nSPS) is 10.9. The van der Waals surface area contributed by atoms with E-state index in [1.807, 2.05) is 68.3 Å². The molecule has 0 N–H and O–H groups in total. The minimum absolute atomic E-state index is 0.0921. The Hall–Kier alpha value is -2.07. The highest BCUT2D eigenvalue weighted by Crippen LogP contribution is 2.14. The maximum atomic E-state index is 12.4. The fourth-order valence-corrected chi connectivity index (χ4v) is 2.32. The van der Waals surface area contributed by atoms with Crippen LogP contribution < -0.4 is 4.90 Å². The van der Waals surface area contributed by atoms with E-state index in [4.69, 9.17) is 4.42 Å². The highest BCUT2D eigenvalue weighted by molar-refractivity contribution is 5.94. The molecule has 0 atom stereocenters. The maximum Gasteiger partial charge on any atom is 0.241 e. The molecule has 0 aliphatic rings. The summed E-state index contributed by atoms with van der Waals surface area (Å²) in [6.45, 7) is 5.56. The van der Waals surface area contributed by atoms with Crippen molar-refractivity contribution in [2.75, 3.05) is 25.0 Å². The topological polar surface area (TPSA) is 36.7 Å². The van der Waals surface area contributed by atoms with Crippen LogP contribution in [0.5, 0.6) is 0 Å². The summed E-state index contributed by atoms with van der Waals surface area (Å²) < 4.78 is 5.54. The summed E-state index contributed by atoms with van der Waals surface area (Å²) in [7, 11) is 1.93. The van der Waals surface area contributed by atoms with Gasteiger partial charge in [0.25, 0.3) is 0 Å². The molecule has 2 rings (SSSR count). The molecule has 4 nitrogen and oxygen atoms in total. The zero-order chi connectivity index (χ0) is 15.2. The van der Waals surface area contributed by atoms with E-state index >= 15 is 0 Å². The number of anilines is 1. The van der Waals surface area contributed by atoms with Crippen LogP contribution in [0.15, 0.2) is 46.9 Å². The number of benzene rings is 1. The van der Waals surface area contributed by atoms with Crippen molar-refractivity contribution in [3.63, 3.8) is 0 Å². The number of amides is 1. The van der Waals surface area contributed by atoms with E-state index in [1.54, 1.807) is 4.90 Å². The number of aryl methyl sites for hydroxylation is 1. The Balaban J connectivity index is 1.96. The number of para-hydroxylation sites is 1. The van der Waals surface area contributed by atoms with Gasteiger partial charge in [0.1, 0.15) is 11.5 Å². The first-order valence-electron chi connectivity index (χ1n) is 7.19. The molecule has 0 spiro atoms. The largest absolute Gasteiger partial charge is 0.465 e. The molecule has 0 saturated carbocycles. The van der Waals surface area contributed by atoms with Crippen LogP contribution in [0.2, 0.25) is 0 Å². The number of carbonyl (C=O) groups is 1. The number of hydrogen-bond donors (Lipinski definition) is 0. The van der Waals surface area contributed by atoms with Crippen molar-refractivity contribution in [3.8, 4) is 0 Å². The second-order valence-corrected chi connectivity index (χ2v) is 5.16. The van der Waals surface area contributed by atoms with Crippen LogP contribution >= 0.6 is 0 Å². The van der Waals surface area contributed by atoms with Crippen molar-refractivity contribution in [3.05, 3.63) is 54.0 Å². The van der Waals surface area contributed by atoms with Gasteiger partial charge in [-0.2, -0.15) is 0 Å². The molecule has 4 heteroatoms. The third-order valence-electron chi connectivity index (χ3n) is 3.31. The Morgan fingerprint density at radius 1 is 1.14 bits per heavy atom. The maximum absolute atomic E-state index is 12.4. The standard InChI is InChI=1S/C17H22N2O2/c1-4-19(15-8-6-5-7-9-15)17(20)13-18(3)12-16-11-10-14(2)21-16/h5-11H,4,12-13H2,1-3H3. The number of furan rings is 1. The van der Waals surface area contributed by atoms with Crippen LogP contribution in [-0.4, -0.2) is 30.9 Å². The number of nitrogens with zero attached hydrogens (tertiary/aromatic N) is 2. The van der Waals surface area contributed by atoms with Crippen LogP contribution in [0.1, 0.15) is 18.4 Å². The van der Waals surface area contributed by atoms with Gasteiger partial charge in [-0.3, -0.25) is 9.69 Å². The second-order valence-electron chi connectivity index (χ2n) is 5.16. The third-order valence-corrected chi connectivity index (χ3v) is 3.31. The summed E-state index contributed by atoms with van der Waals surface area (Å²) in [6, 6.07) is 13.6. The molecular weight excluding hydrogens is 264 g/mol. The molecule has 0 aliphatic carbocycles. The fraction of sp³-hybridized carbons (Fsp3) is 0.353. The van der Waals surface area contributed by atoms with Crippen molar-refractivity contribution in [1.29, 1.82) is 0 Å². The highest BCUT2D eigenvalue weighted by Gasteiger charge is 2.16. The fourth-order valence-electron chi connectivity index (χ4n) is 2.32. The lowest BCUT2D eigenvalue weighted by Gasteiger charge is -2.24. The summed E-state index contributed by atoms with van der Waals surface area (Å²) in [5, 5.41) is 0. The predicted octanol–water partition coefficient (Wildman–Crippen LogP) is 3.07. The van der Waals surface area contributed by atoms with Crippen molar-refractivity contribution in [2.24, 2.45) is 0 Å². The van der Waals surface area contributed by atoms with Gasteiger partial charge in [0.15, 0.2) is 0 Å². The summed E-state index contributed by atoms with van der Waals surface area (Å²) in [4.78, 5) is 16.2. The van der Waals surface area contributed by atoms with Crippen LogP contribution in [0, 0.1) is 6.92 Å². The van der Waals surface area contributed by atoms with E-state index in [1.165, 1.54) is 0 Å². The minimum atomic E-state index is 0.0921. The van der Waals surface area contributed by atoms with Crippen LogP contribution in [0.3, 0.4) is 0 Å². The Morgan fingerprint density at radius 3 is 2.43 bits per heavy atom. The summed E-state index contributed by atoms with van der Waals surface area (Å²) in [5.41, 5.74) is 0.937. The van der Waals surface area contributed by atoms with Crippen molar-refractivity contribution >= 4 is 11.6 Å². The van der Waals surface area contributed by atoms with Gasteiger partial charge in [0, 0.05) is 12.2 Å². The van der Waals surface area contributed by atoms with Gasteiger partial charge in [-0.1, -0.05) is 18.2 Å². The molecule has 0 radical (unpaired) electrons. The van der Waals surface area contributed by atoms with Gasteiger partial charge < -0.3 is 9.32 Å². The van der Waals surface area contributed by atoms with Gasteiger partial charge in [-0.15, -0.1) is 0 Å². The van der Waals surface area contributed by atoms with Crippen LogP contribution in [0.25, 0.3) is 0 Å². The Kier molecular flexibility index (Phi) is 5.17. The average molecular weight is 286 g/mol. The summed E-state index contributed by atoms with van der Waals surface area (Å²) >= 11 is 0. The Morgan fingerprint density at radius 2 is 1.86 bits per heavy atom. The first-order chi connectivity index (χ1) is 10.1. The van der Waals surface area contributed by atoms with E-state index in [0.29, 0.717) is 19.6 Å². The van der Waals surface area contributed by atoms with E-state index < -0.39 is 0 Å². The van der Waals surface area contributed by atoms with E-state index in [0.717, 1.165) is 17.2 Å². The minimum Gasteiger partial charge on any atom is -0.465 e. The lowest BCUT2D eigenvalue weighted by Crippen LogP contribution is -2.38. The van der Waals surface area contributed by atoms with E-state index in [-0.39, 0.29) is 5.91 Å². The van der Waals surface area contributed by atoms with Gasteiger partial charge in [0.2, 0.25) is 5.91 Å². The molecule has 1 amide bonds. The lowest BCUT2D eigenvalue weighted by atomic mass is 10.2. The molecule has 0 saturated heterocycles. The Bertz CT molecular complexity index is 577. The molecule has 1 heterocycles. The summed E-state index contributed by atoms with van der Waals surface area (Å²) in [5.74, 6) is 1.87. The molecule has 0 fully saturated rings. The molecule has 21 heavy (non-hydrogen) atoms. The number of carbonyl (C=O) groups excluding carboxylic acids is 1. The molecular formula is C17H22N2O2. The summed E-state index contributed by atoms with van der Waals surface area (Å²) in [6.07, 6.45) is 0. The van der Waals surface area contributed by atoms with Crippen molar-refractivity contribution < 1.29 is 9.21 Å². The number of likely N-dealkylation sites (N-methyl/N-ethyl adjacent to an activating group) is 2. The van der Waals surface area contributed by atoms with Crippen LogP contribution in [0.4, 0.5) is 5.69 Å². The van der Waals surface area contributed by atoms with E-state index in [9.17, 15) is 4.79 Å². The molecule has 1 aromatic heterocycles. The molecule has 2 aromatic rings. The predicted molar refractivity (Wildman–Crippen MR) is 84.2 cm³/mol.